The van der Waals surface area contributed by atoms with E-state index < -0.39 is 16.7 Å². The van der Waals surface area contributed by atoms with Crippen LogP contribution in [-0.4, -0.2) is 0 Å². The van der Waals surface area contributed by atoms with Gasteiger partial charge in [0, 0.05) is 5.39 Å². The molecule has 152 valence electrons. The van der Waals surface area contributed by atoms with Crippen LogP contribution in [0.5, 0.6) is 0 Å². The van der Waals surface area contributed by atoms with Crippen molar-refractivity contribution in [1.29, 1.82) is 0 Å². The smallest absolute Gasteiger partial charge is 0.152 e. The third-order valence-electron chi connectivity index (χ3n) is 7.41. The predicted molar refractivity (Wildman–Crippen MR) is 114 cm³/mol. The molecular weight excluding hydrogens is 374 g/mol. The Labute approximate surface area is 172 Å². The van der Waals surface area contributed by atoms with E-state index in [1.165, 1.54) is 75.8 Å². The summed E-state index contributed by atoms with van der Waals surface area (Å²) in [4.78, 5) is 0. The minimum Gasteiger partial charge on any atom is -0.205 e. The van der Waals surface area contributed by atoms with Crippen LogP contribution in [0, 0.1) is 29.4 Å². The van der Waals surface area contributed by atoms with E-state index in [9.17, 15) is 8.78 Å². The molecule has 3 heteroatoms. The van der Waals surface area contributed by atoms with Gasteiger partial charge in [-0.05, 0) is 72.8 Å². The lowest BCUT2D eigenvalue weighted by Gasteiger charge is -2.42. The summed E-state index contributed by atoms with van der Waals surface area (Å²) >= 11 is 5.72. The number of rotatable bonds is 5. The lowest BCUT2D eigenvalue weighted by atomic mass is 9.63. The van der Waals surface area contributed by atoms with Crippen LogP contribution in [0.1, 0.15) is 82.6 Å². The molecule has 28 heavy (non-hydrogen) atoms. The van der Waals surface area contributed by atoms with Crippen LogP contribution in [0.2, 0.25) is 5.02 Å². The Kier molecular flexibility index (Phi) is 6.25. The third-order valence-corrected chi connectivity index (χ3v) is 7.75. The van der Waals surface area contributed by atoms with E-state index >= 15 is 0 Å². The van der Waals surface area contributed by atoms with Crippen molar-refractivity contribution in [2.75, 3.05) is 0 Å². The molecule has 2 fully saturated rings. The zero-order valence-electron chi connectivity index (χ0n) is 16.8. The molecule has 4 rings (SSSR count). The maximum absolute atomic E-state index is 14.2. The van der Waals surface area contributed by atoms with Gasteiger partial charge in [0.2, 0.25) is 0 Å². The summed E-state index contributed by atoms with van der Waals surface area (Å²) in [6, 6.07) is 7.17. The lowest BCUT2D eigenvalue weighted by molar-refractivity contribution is 0.113. The summed E-state index contributed by atoms with van der Waals surface area (Å²) in [7, 11) is 0. The van der Waals surface area contributed by atoms with E-state index in [2.05, 4.69) is 6.92 Å². The van der Waals surface area contributed by atoms with Gasteiger partial charge in [0.05, 0.1) is 0 Å². The van der Waals surface area contributed by atoms with Gasteiger partial charge < -0.3 is 0 Å². The van der Waals surface area contributed by atoms with Crippen molar-refractivity contribution < 1.29 is 8.78 Å². The maximum Gasteiger partial charge on any atom is 0.152 e. The number of benzene rings is 2. The van der Waals surface area contributed by atoms with Crippen molar-refractivity contribution in [2.24, 2.45) is 17.8 Å². The van der Waals surface area contributed by atoms with Crippen LogP contribution in [0.25, 0.3) is 10.8 Å². The fourth-order valence-corrected chi connectivity index (χ4v) is 5.97. The topological polar surface area (TPSA) is 0 Å². The number of hydrogen-bond donors (Lipinski definition) is 0. The summed E-state index contributed by atoms with van der Waals surface area (Å²) in [5.74, 6) is 1.87. The minimum atomic E-state index is -0.672. The van der Waals surface area contributed by atoms with Gasteiger partial charge in [0.15, 0.2) is 5.82 Å². The van der Waals surface area contributed by atoms with Gasteiger partial charge in [-0.1, -0.05) is 68.8 Å². The fourth-order valence-electron chi connectivity index (χ4n) is 5.81. The molecule has 2 saturated carbocycles. The zero-order chi connectivity index (χ0) is 19.7. The normalized spacial score (nSPS) is 27.7. The molecule has 4 atom stereocenters. The molecule has 2 aliphatic carbocycles. The molecule has 2 aromatic rings. The molecule has 0 amide bonds. The van der Waals surface area contributed by atoms with Crippen LogP contribution in [-0.2, 0) is 0 Å². The van der Waals surface area contributed by atoms with Crippen molar-refractivity contribution in [3.63, 3.8) is 0 Å². The van der Waals surface area contributed by atoms with Crippen molar-refractivity contribution in [2.45, 2.75) is 77.0 Å². The van der Waals surface area contributed by atoms with Gasteiger partial charge in [-0.2, -0.15) is 0 Å². The summed E-state index contributed by atoms with van der Waals surface area (Å²) in [5.41, 5.74) is 1.23. The third kappa shape index (κ3) is 4.08. The summed E-state index contributed by atoms with van der Waals surface area (Å²) < 4.78 is 28.1. The summed E-state index contributed by atoms with van der Waals surface area (Å²) in [5, 5.41) is 0.631. The first-order chi connectivity index (χ1) is 13.6. The molecule has 0 radical (unpaired) electrons. The highest BCUT2D eigenvalue weighted by Gasteiger charge is 2.35. The Balaban J connectivity index is 1.44. The number of halogens is 3. The quantitative estimate of drug-likeness (QED) is 0.345. The van der Waals surface area contributed by atoms with Crippen LogP contribution in [0.4, 0.5) is 8.78 Å². The Morgan fingerprint density at radius 1 is 0.964 bits per heavy atom. The Bertz CT molecular complexity index is 831. The summed E-state index contributed by atoms with van der Waals surface area (Å²) in [6.45, 7) is 2.28. The molecule has 2 aromatic carbocycles. The number of hydrogen-bond acceptors (Lipinski definition) is 0. The molecule has 0 bridgehead atoms. The molecule has 0 spiro atoms. The maximum atomic E-state index is 14.2. The second-order valence-electron chi connectivity index (χ2n) is 9.17. The molecule has 0 nitrogen and oxygen atoms in total. The SMILES string of the molecule is CCCCCC1CCC2CC(c3ccc4c(F)c(Cl)c(F)cc4c3)CCC2C1. The molecule has 0 aromatic heterocycles. The average molecular weight is 405 g/mol. The van der Waals surface area contributed by atoms with Crippen molar-refractivity contribution in [3.05, 3.63) is 46.5 Å². The Morgan fingerprint density at radius 2 is 1.75 bits per heavy atom. The zero-order valence-corrected chi connectivity index (χ0v) is 17.6. The van der Waals surface area contributed by atoms with Crippen molar-refractivity contribution >= 4 is 22.4 Å². The highest BCUT2D eigenvalue weighted by molar-refractivity contribution is 6.31. The Morgan fingerprint density at radius 3 is 2.57 bits per heavy atom. The highest BCUT2D eigenvalue weighted by Crippen LogP contribution is 2.48. The molecule has 0 N–H and O–H groups in total. The first-order valence-corrected chi connectivity index (χ1v) is 11.5. The monoisotopic (exact) mass is 404 g/mol. The number of fused-ring (bicyclic) bond motifs is 2. The number of unbranched alkanes of at least 4 members (excludes halogenated alkanes) is 2. The van der Waals surface area contributed by atoms with Crippen molar-refractivity contribution in [1.82, 2.24) is 0 Å². The van der Waals surface area contributed by atoms with E-state index in [1.54, 1.807) is 6.07 Å². The highest BCUT2D eigenvalue weighted by atomic mass is 35.5. The molecule has 0 heterocycles. The van der Waals surface area contributed by atoms with E-state index in [4.69, 9.17) is 11.6 Å². The van der Waals surface area contributed by atoms with E-state index in [0.717, 1.165) is 17.8 Å². The van der Waals surface area contributed by atoms with Crippen LogP contribution < -0.4 is 0 Å². The van der Waals surface area contributed by atoms with Gasteiger partial charge in [0.1, 0.15) is 10.8 Å². The predicted octanol–water partition coefficient (Wildman–Crippen LogP) is 8.65. The van der Waals surface area contributed by atoms with Gasteiger partial charge in [-0.15, -0.1) is 0 Å². The first-order valence-electron chi connectivity index (χ1n) is 11.1. The second kappa shape index (κ2) is 8.69. The van der Waals surface area contributed by atoms with E-state index in [1.807, 2.05) is 12.1 Å². The van der Waals surface area contributed by atoms with Gasteiger partial charge in [-0.25, -0.2) is 8.78 Å². The van der Waals surface area contributed by atoms with Gasteiger partial charge in [-0.3, -0.25) is 0 Å². The van der Waals surface area contributed by atoms with Crippen LogP contribution in [0.15, 0.2) is 24.3 Å². The van der Waals surface area contributed by atoms with E-state index in [0.29, 0.717) is 16.7 Å². The Hall–Kier alpha value is -1.15. The molecule has 2 aliphatic rings. The van der Waals surface area contributed by atoms with Crippen LogP contribution >= 0.6 is 11.6 Å². The largest absolute Gasteiger partial charge is 0.205 e. The second-order valence-corrected chi connectivity index (χ2v) is 9.55. The van der Waals surface area contributed by atoms with E-state index in [-0.39, 0.29) is 0 Å². The molecule has 0 saturated heterocycles. The average Bonchev–Trinajstić information content (AvgIpc) is 2.71. The lowest BCUT2D eigenvalue weighted by Crippen LogP contribution is -2.30. The van der Waals surface area contributed by atoms with Gasteiger partial charge >= 0.3 is 0 Å². The fraction of sp³-hybridized carbons (Fsp3) is 0.600. The summed E-state index contributed by atoms with van der Waals surface area (Å²) in [6.07, 6.45) is 13.4. The standard InChI is InChI=1S/C25H31ClF2/c1-2-3-4-5-16-6-7-18-13-19(9-8-17(18)12-16)20-10-11-22-21(14-20)15-23(27)24(26)25(22)28/h10-11,14-19H,2-9,12-13H2,1H3. The van der Waals surface area contributed by atoms with Crippen molar-refractivity contribution in [3.8, 4) is 0 Å². The molecule has 4 unspecified atom stereocenters. The first kappa shape index (κ1) is 20.1. The van der Waals surface area contributed by atoms with Crippen LogP contribution in [0.3, 0.4) is 0 Å². The molecular formula is C25H31ClF2. The molecule has 0 aliphatic heterocycles. The minimum absolute atomic E-state index is 0.406. The van der Waals surface area contributed by atoms with Gasteiger partial charge in [0.25, 0.3) is 0 Å².